The smallest absolute Gasteiger partial charge is 0.243 e. The maximum atomic E-state index is 6.04. The van der Waals surface area contributed by atoms with E-state index >= 15 is 0 Å². The van der Waals surface area contributed by atoms with Crippen molar-refractivity contribution in [1.82, 2.24) is 10.1 Å². The first-order valence-electron chi connectivity index (χ1n) is 6.93. The Morgan fingerprint density at radius 1 is 1.30 bits per heavy atom. The van der Waals surface area contributed by atoms with E-state index in [4.69, 9.17) is 15.0 Å². The second-order valence-corrected chi connectivity index (χ2v) is 4.77. The molecule has 2 atom stereocenters. The molecule has 0 bridgehead atoms. The zero-order valence-electron chi connectivity index (χ0n) is 12.0. The van der Waals surface area contributed by atoms with Gasteiger partial charge in [-0.2, -0.15) is 4.98 Å². The van der Waals surface area contributed by atoms with E-state index in [1.54, 1.807) is 7.11 Å². The van der Waals surface area contributed by atoms with Crippen LogP contribution in [0.1, 0.15) is 55.6 Å². The van der Waals surface area contributed by atoms with E-state index in [9.17, 15) is 0 Å². The first-order chi connectivity index (χ1) is 9.76. The van der Waals surface area contributed by atoms with Crippen molar-refractivity contribution in [1.29, 1.82) is 0 Å². The Labute approximate surface area is 119 Å². The van der Waals surface area contributed by atoms with Crippen molar-refractivity contribution in [3.05, 3.63) is 47.6 Å². The van der Waals surface area contributed by atoms with Gasteiger partial charge in [0.25, 0.3) is 0 Å². The highest BCUT2D eigenvalue weighted by molar-refractivity contribution is 5.22. The number of methoxy groups -OCH3 is 1. The van der Waals surface area contributed by atoms with E-state index in [0.29, 0.717) is 11.7 Å². The van der Waals surface area contributed by atoms with Gasteiger partial charge in [0.15, 0.2) is 0 Å². The zero-order valence-corrected chi connectivity index (χ0v) is 12.0. The maximum Gasteiger partial charge on any atom is 0.243 e. The Balaban J connectivity index is 2.14. The summed E-state index contributed by atoms with van der Waals surface area (Å²) in [6.07, 6.45) is 2.67. The van der Waals surface area contributed by atoms with Gasteiger partial charge in [-0.05, 0) is 12.0 Å². The second kappa shape index (κ2) is 7.17. The summed E-state index contributed by atoms with van der Waals surface area (Å²) in [5, 5.41) is 4.00. The minimum Gasteiger partial charge on any atom is -0.369 e. The molecule has 0 saturated heterocycles. The average molecular weight is 275 g/mol. The van der Waals surface area contributed by atoms with Gasteiger partial charge in [-0.1, -0.05) is 55.3 Å². The normalized spacial score (nSPS) is 14.2. The van der Waals surface area contributed by atoms with Crippen LogP contribution in [0.4, 0.5) is 0 Å². The summed E-state index contributed by atoms with van der Waals surface area (Å²) in [5.74, 6) is 0.993. The van der Waals surface area contributed by atoms with Crippen LogP contribution in [0, 0.1) is 0 Å². The summed E-state index contributed by atoms with van der Waals surface area (Å²) in [6.45, 7) is 2.13. The van der Waals surface area contributed by atoms with Gasteiger partial charge < -0.3 is 15.0 Å². The van der Waals surface area contributed by atoms with Crippen LogP contribution in [0.15, 0.2) is 34.9 Å². The van der Waals surface area contributed by atoms with Crippen LogP contribution in [0.25, 0.3) is 0 Å². The molecular weight excluding hydrogens is 254 g/mol. The van der Waals surface area contributed by atoms with Gasteiger partial charge in [0, 0.05) is 7.11 Å². The van der Waals surface area contributed by atoms with Crippen LogP contribution in [0.3, 0.4) is 0 Å². The van der Waals surface area contributed by atoms with Crippen LogP contribution >= 0.6 is 0 Å². The number of unbranched alkanes of at least 4 members (excludes halogenated alkanes) is 1. The fourth-order valence-electron chi connectivity index (χ4n) is 2.07. The molecule has 0 spiro atoms. The van der Waals surface area contributed by atoms with E-state index in [0.717, 1.165) is 24.8 Å². The molecule has 1 aromatic heterocycles. The molecule has 5 nitrogen and oxygen atoms in total. The molecule has 20 heavy (non-hydrogen) atoms. The number of hydrogen-bond donors (Lipinski definition) is 1. The number of ether oxygens (including phenoxy) is 1. The summed E-state index contributed by atoms with van der Waals surface area (Å²) in [5.41, 5.74) is 7.03. The molecule has 108 valence electrons. The lowest BCUT2D eigenvalue weighted by atomic mass is 10.1. The molecule has 0 radical (unpaired) electrons. The Bertz CT molecular complexity index is 513. The quantitative estimate of drug-likeness (QED) is 0.840. The summed E-state index contributed by atoms with van der Waals surface area (Å²) in [6, 6.07) is 9.61. The molecule has 2 aromatic rings. The lowest BCUT2D eigenvalue weighted by Gasteiger charge is -2.11. The van der Waals surface area contributed by atoms with E-state index in [2.05, 4.69) is 17.1 Å². The molecule has 0 amide bonds. The summed E-state index contributed by atoms with van der Waals surface area (Å²) in [4.78, 5) is 4.38. The number of nitrogens with two attached hydrogens (primary N) is 1. The predicted molar refractivity (Wildman–Crippen MR) is 76.0 cm³/mol. The summed E-state index contributed by atoms with van der Waals surface area (Å²) < 4.78 is 10.7. The molecule has 1 heterocycles. The lowest BCUT2D eigenvalue weighted by Crippen LogP contribution is -2.11. The van der Waals surface area contributed by atoms with Gasteiger partial charge in [-0.15, -0.1) is 0 Å². The molecule has 1 aromatic carbocycles. The van der Waals surface area contributed by atoms with Crippen LogP contribution < -0.4 is 5.73 Å². The Hall–Kier alpha value is -1.72. The third-order valence-corrected chi connectivity index (χ3v) is 3.22. The summed E-state index contributed by atoms with van der Waals surface area (Å²) >= 11 is 0. The van der Waals surface area contributed by atoms with E-state index in [-0.39, 0.29) is 12.1 Å². The number of nitrogens with zero attached hydrogens (tertiary/aromatic N) is 2. The fourth-order valence-corrected chi connectivity index (χ4v) is 2.07. The van der Waals surface area contributed by atoms with Gasteiger partial charge in [-0.25, -0.2) is 0 Å². The van der Waals surface area contributed by atoms with Gasteiger partial charge in [0.2, 0.25) is 11.7 Å². The largest absolute Gasteiger partial charge is 0.369 e. The van der Waals surface area contributed by atoms with Crippen LogP contribution in [-0.2, 0) is 4.74 Å². The molecule has 2 rings (SSSR count). The summed E-state index contributed by atoms with van der Waals surface area (Å²) in [7, 11) is 1.63. The SMILES string of the molecule is CCCC[C@H](N)c1nc(C(OC)c2ccccc2)no1. The van der Waals surface area contributed by atoms with E-state index in [1.165, 1.54) is 0 Å². The molecule has 0 aliphatic heterocycles. The standard InChI is InChI=1S/C15H21N3O2/c1-3-4-10-12(16)15-17-14(18-20-15)13(19-2)11-8-6-5-7-9-11/h5-9,12-13H,3-4,10,16H2,1-2H3/t12-,13?/m0/s1. The van der Waals surface area contributed by atoms with Gasteiger partial charge in [-0.3, -0.25) is 0 Å². The third kappa shape index (κ3) is 3.43. The molecule has 1 unspecified atom stereocenters. The van der Waals surface area contributed by atoms with Crippen molar-refractivity contribution in [3.63, 3.8) is 0 Å². The monoisotopic (exact) mass is 275 g/mol. The Kier molecular flexibility index (Phi) is 5.26. The average Bonchev–Trinajstić information content (AvgIpc) is 2.96. The van der Waals surface area contributed by atoms with E-state index in [1.807, 2.05) is 30.3 Å². The molecule has 0 aliphatic carbocycles. The minimum atomic E-state index is -0.327. The fraction of sp³-hybridized carbons (Fsp3) is 0.467. The maximum absolute atomic E-state index is 6.04. The van der Waals surface area contributed by atoms with Crippen LogP contribution in [-0.4, -0.2) is 17.3 Å². The van der Waals surface area contributed by atoms with Crippen molar-refractivity contribution in [2.45, 2.75) is 38.3 Å². The van der Waals surface area contributed by atoms with Crippen LogP contribution in [0.5, 0.6) is 0 Å². The molecule has 5 heteroatoms. The van der Waals surface area contributed by atoms with Crippen molar-refractivity contribution < 1.29 is 9.26 Å². The molecule has 0 aliphatic rings. The second-order valence-electron chi connectivity index (χ2n) is 4.77. The zero-order chi connectivity index (χ0) is 14.4. The van der Waals surface area contributed by atoms with Gasteiger partial charge in [0.1, 0.15) is 6.10 Å². The number of aromatic nitrogens is 2. The molecular formula is C15H21N3O2. The molecule has 2 N–H and O–H groups in total. The van der Waals surface area contributed by atoms with Gasteiger partial charge in [0.05, 0.1) is 6.04 Å². The minimum absolute atomic E-state index is 0.204. The van der Waals surface area contributed by atoms with Crippen molar-refractivity contribution >= 4 is 0 Å². The molecule has 0 fully saturated rings. The first-order valence-corrected chi connectivity index (χ1v) is 6.93. The van der Waals surface area contributed by atoms with Crippen molar-refractivity contribution in [2.24, 2.45) is 5.73 Å². The highest BCUT2D eigenvalue weighted by Gasteiger charge is 2.22. The van der Waals surface area contributed by atoms with Gasteiger partial charge >= 0.3 is 0 Å². The highest BCUT2D eigenvalue weighted by Crippen LogP contribution is 2.24. The molecule has 0 saturated carbocycles. The topological polar surface area (TPSA) is 74.2 Å². The number of hydrogen-bond acceptors (Lipinski definition) is 5. The van der Waals surface area contributed by atoms with Crippen molar-refractivity contribution in [3.8, 4) is 0 Å². The Morgan fingerprint density at radius 3 is 2.70 bits per heavy atom. The Morgan fingerprint density at radius 2 is 2.05 bits per heavy atom. The number of benzene rings is 1. The van der Waals surface area contributed by atoms with E-state index < -0.39 is 0 Å². The number of rotatable bonds is 7. The van der Waals surface area contributed by atoms with Crippen LogP contribution in [0.2, 0.25) is 0 Å². The lowest BCUT2D eigenvalue weighted by molar-refractivity contribution is 0.126. The highest BCUT2D eigenvalue weighted by atomic mass is 16.5. The predicted octanol–water partition coefficient (Wildman–Crippen LogP) is 3.00. The first kappa shape index (κ1) is 14.7. The third-order valence-electron chi connectivity index (χ3n) is 3.22. The van der Waals surface area contributed by atoms with Crippen molar-refractivity contribution in [2.75, 3.05) is 7.11 Å².